The normalized spacial score (nSPS) is 19.7. The molecule has 7 heteroatoms. The molecule has 1 aliphatic rings. The van der Waals surface area contributed by atoms with E-state index in [-0.39, 0.29) is 10.5 Å². The number of nitrogens with zero attached hydrogens (tertiary/aromatic N) is 1. The molecule has 1 aromatic carbocycles. The van der Waals surface area contributed by atoms with E-state index in [1.54, 1.807) is 0 Å². The van der Waals surface area contributed by atoms with Crippen LogP contribution < -0.4 is 5.14 Å². The Bertz CT molecular complexity index is 615. The lowest BCUT2D eigenvalue weighted by Gasteiger charge is -2.17. The monoisotopic (exact) mass is 286 g/mol. The fourth-order valence-electron chi connectivity index (χ4n) is 2.21. The van der Waals surface area contributed by atoms with Gasteiger partial charge in [-0.2, -0.15) is 0 Å². The summed E-state index contributed by atoms with van der Waals surface area (Å²) in [5, 5.41) is 5.05. The predicted octanol–water partition coefficient (Wildman–Crippen LogP) is 0.955. The molecule has 104 valence electrons. The molecule has 0 spiro atoms. The number of benzene rings is 1. The number of sulfonamides is 1. The lowest BCUT2D eigenvalue weighted by molar-refractivity contribution is 0.0783. The Hall–Kier alpha value is -1.47. The SMILES string of the molecule is CC1CCN(C(=O)c2cc(F)ccc2S(N)(=O)=O)C1. The molecule has 5 nitrogen and oxygen atoms in total. The number of carbonyl (C=O) groups is 1. The molecule has 2 rings (SSSR count). The van der Waals surface area contributed by atoms with E-state index in [4.69, 9.17) is 5.14 Å². The number of amides is 1. The Balaban J connectivity index is 2.43. The Morgan fingerprint density at radius 1 is 1.47 bits per heavy atom. The highest BCUT2D eigenvalue weighted by molar-refractivity contribution is 7.89. The number of carbonyl (C=O) groups excluding carboxylic acids is 1. The summed E-state index contributed by atoms with van der Waals surface area (Å²) >= 11 is 0. The van der Waals surface area contributed by atoms with E-state index in [9.17, 15) is 17.6 Å². The van der Waals surface area contributed by atoms with Gasteiger partial charge < -0.3 is 4.90 Å². The molecule has 0 aromatic heterocycles. The van der Waals surface area contributed by atoms with Gasteiger partial charge in [0.1, 0.15) is 5.82 Å². The summed E-state index contributed by atoms with van der Waals surface area (Å²) in [5.41, 5.74) is -0.198. The molecule has 2 N–H and O–H groups in total. The van der Waals surface area contributed by atoms with Gasteiger partial charge in [0.05, 0.1) is 10.5 Å². The third-order valence-electron chi connectivity index (χ3n) is 3.19. The molecule has 1 aromatic rings. The van der Waals surface area contributed by atoms with Crippen LogP contribution in [-0.2, 0) is 10.0 Å². The molecular weight excluding hydrogens is 271 g/mol. The summed E-state index contributed by atoms with van der Waals surface area (Å²) in [6.07, 6.45) is 0.853. The van der Waals surface area contributed by atoms with Gasteiger partial charge >= 0.3 is 0 Å². The maximum Gasteiger partial charge on any atom is 0.255 e. The van der Waals surface area contributed by atoms with Crippen LogP contribution in [0.3, 0.4) is 0 Å². The van der Waals surface area contributed by atoms with Gasteiger partial charge in [-0.3, -0.25) is 4.79 Å². The minimum absolute atomic E-state index is 0.198. The van der Waals surface area contributed by atoms with E-state index < -0.39 is 21.7 Å². The van der Waals surface area contributed by atoms with E-state index in [0.29, 0.717) is 19.0 Å². The summed E-state index contributed by atoms with van der Waals surface area (Å²) in [5.74, 6) is -0.800. The third kappa shape index (κ3) is 2.93. The predicted molar refractivity (Wildman–Crippen MR) is 67.5 cm³/mol. The van der Waals surface area contributed by atoms with E-state index in [0.717, 1.165) is 24.6 Å². The minimum Gasteiger partial charge on any atom is -0.338 e. The van der Waals surface area contributed by atoms with Crippen molar-refractivity contribution in [1.82, 2.24) is 4.90 Å². The maximum absolute atomic E-state index is 13.3. The van der Waals surface area contributed by atoms with Gasteiger partial charge in [0, 0.05) is 13.1 Å². The van der Waals surface area contributed by atoms with Crippen LogP contribution in [0.15, 0.2) is 23.1 Å². The minimum atomic E-state index is -4.05. The first kappa shape index (κ1) is 14.0. The fraction of sp³-hybridized carbons (Fsp3) is 0.417. The molecular formula is C12H15FN2O3S. The van der Waals surface area contributed by atoms with Crippen molar-refractivity contribution in [3.63, 3.8) is 0 Å². The highest BCUT2D eigenvalue weighted by Crippen LogP contribution is 2.22. The van der Waals surface area contributed by atoms with Gasteiger partial charge in [-0.05, 0) is 30.5 Å². The van der Waals surface area contributed by atoms with Crippen LogP contribution in [0, 0.1) is 11.7 Å². The number of nitrogens with two attached hydrogens (primary N) is 1. The van der Waals surface area contributed by atoms with Gasteiger partial charge in [-0.25, -0.2) is 17.9 Å². The standard InChI is InChI=1S/C12H15FN2O3S/c1-8-4-5-15(7-8)12(16)10-6-9(13)2-3-11(10)19(14,17)18/h2-3,6,8H,4-5,7H2,1H3,(H2,14,17,18). The number of halogens is 1. The van der Waals surface area contributed by atoms with Crippen molar-refractivity contribution < 1.29 is 17.6 Å². The summed E-state index contributed by atoms with van der Waals surface area (Å²) in [6, 6.07) is 2.92. The number of hydrogen-bond donors (Lipinski definition) is 1. The Labute approximate surface area is 111 Å². The quantitative estimate of drug-likeness (QED) is 0.879. The molecule has 0 aliphatic carbocycles. The summed E-state index contributed by atoms with van der Waals surface area (Å²) in [7, 11) is -4.05. The van der Waals surface area contributed by atoms with Crippen molar-refractivity contribution in [2.24, 2.45) is 11.1 Å². The van der Waals surface area contributed by atoms with Crippen molar-refractivity contribution in [2.75, 3.05) is 13.1 Å². The maximum atomic E-state index is 13.3. The Kier molecular flexibility index (Phi) is 3.60. The molecule has 1 atom stereocenters. The van der Waals surface area contributed by atoms with Crippen molar-refractivity contribution in [3.05, 3.63) is 29.6 Å². The molecule has 0 bridgehead atoms. The average Bonchev–Trinajstić information content (AvgIpc) is 2.73. The van der Waals surface area contributed by atoms with Gasteiger partial charge in [-0.15, -0.1) is 0 Å². The van der Waals surface area contributed by atoms with Crippen molar-refractivity contribution in [1.29, 1.82) is 0 Å². The van der Waals surface area contributed by atoms with Crippen LogP contribution in [0.2, 0.25) is 0 Å². The van der Waals surface area contributed by atoms with Crippen LogP contribution in [0.25, 0.3) is 0 Å². The van der Waals surface area contributed by atoms with Gasteiger partial charge in [0.25, 0.3) is 5.91 Å². The van der Waals surface area contributed by atoms with Crippen LogP contribution in [0.4, 0.5) is 4.39 Å². The van der Waals surface area contributed by atoms with Gasteiger partial charge in [0.2, 0.25) is 10.0 Å². The van der Waals surface area contributed by atoms with Crippen LogP contribution in [0.1, 0.15) is 23.7 Å². The smallest absolute Gasteiger partial charge is 0.255 e. The van der Waals surface area contributed by atoms with Crippen molar-refractivity contribution in [2.45, 2.75) is 18.2 Å². The molecule has 0 saturated carbocycles. The summed E-state index contributed by atoms with van der Waals surface area (Å²) in [6.45, 7) is 3.08. The van der Waals surface area contributed by atoms with Crippen LogP contribution in [-0.4, -0.2) is 32.3 Å². The molecule has 0 radical (unpaired) electrons. The molecule has 1 heterocycles. The summed E-state index contributed by atoms with van der Waals surface area (Å²) < 4.78 is 36.1. The average molecular weight is 286 g/mol. The topological polar surface area (TPSA) is 80.5 Å². The molecule has 1 aliphatic heterocycles. The molecule has 1 amide bonds. The first-order valence-corrected chi connectivity index (χ1v) is 7.45. The van der Waals surface area contributed by atoms with E-state index in [2.05, 4.69) is 0 Å². The first-order valence-electron chi connectivity index (χ1n) is 5.90. The number of rotatable bonds is 2. The first-order chi connectivity index (χ1) is 8.79. The largest absolute Gasteiger partial charge is 0.338 e. The summed E-state index contributed by atoms with van der Waals surface area (Å²) in [4.78, 5) is 13.4. The zero-order chi connectivity index (χ0) is 14.2. The number of hydrogen-bond acceptors (Lipinski definition) is 3. The zero-order valence-corrected chi connectivity index (χ0v) is 11.3. The zero-order valence-electron chi connectivity index (χ0n) is 10.5. The number of likely N-dealkylation sites (tertiary alicyclic amines) is 1. The van der Waals surface area contributed by atoms with E-state index >= 15 is 0 Å². The Morgan fingerprint density at radius 2 is 2.16 bits per heavy atom. The highest BCUT2D eigenvalue weighted by atomic mass is 32.2. The van der Waals surface area contributed by atoms with Crippen molar-refractivity contribution in [3.8, 4) is 0 Å². The highest BCUT2D eigenvalue weighted by Gasteiger charge is 2.28. The molecule has 1 saturated heterocycles. The second-order valence-electron chi connectivity index (χ2n) is 4.83. The molecule has 19 heavy (non-hydrogen) atoms. The van der Waals surface area contributed by atoms with Crippen LogP contribution >= 0.6 is 0 Å². The third-order valence-corrected chi connectivity index (χ3v) is 4.16. The molecule has 1 fully saturated rings. The van der Waals surface area contributed by atoms with Crippen molar-refractivity contribution >= 4 is 15.9 Å². The fourth-order valence-corrected chi connectivity index (χ4v) is 2.92. The Morgan fingerprint density at radius 3 is 2.68 bits per heavy atom. The van der Waals surface area contributed by atoms with Gasteiger partial charge in [0.15, 0.2) is 0 Å². The second kappa shape index (κ2) is 4.90. The second-order valence-corrected chi connectivity index (χ2v) is 6.36. The number of primary sulfonamides is 1. The lowest BCUT2D eigenvalue weighted by Crippen LogP contribution is -2.30. The lowest BCUT2D eigenvalue weighted by atomic mass is 10.1. The van der Waals surface area contributed by atoms with E-state index in [1.165, 1.54) is 4.90 Å². The van der Waals surface area contributed by atoms with Crippen LogP contribution in [0.5, 0.6) is 0 Å². The molecule has 1 unspecified atom stereocenters. The van der Waals surface area contributed by atoms with Gasteiger partial charge in [-0.1, -0.05) is 6.92 Å². The van der Waals surface area contributed by atoms with E-state index in [1.807, 2.05) is 6.92 Å².